The van der Waals surface area contributed by atoms with Crippen molar-refractivity contribution in [2.24, 2.45) is 17.1 Å². The highest BCUT2D eigenvalue weighted by Gasteiger charge is 2.22. The Hall–Kier alpha value is -0.190. The van der Waals surface area contributed by atoms with Crippen LogP contribution < -0.4 is 5.73 Å². The van der Waals surface area contributed by atoms with Crippen molar-refractivity contribution in [3.05, 3.63) is 0 Å². The van der Waals surface area contributed by atoms with E-state index in [1.54, 1.807) is 0 Å². The molecule has 0 aromatic heterocycles. The lowest BCUT2D eigenvalue weighted by molar-refractivity contribution is 0.202. The second kappa shape index (κ2) is 8.08. The molecule has 0 saturated heterocycles. The van der Waals surface area contributed by atoms with Gasteiger partial charge in [-0.3, -0.25) is 0 Å². The van der Waals surface area contributed by atoms with E-state index in [4.69, 9.17) is 18.0 Å². The summed E-state index contributed by atoms with van der Waals surface area (Å²) >= 11 is 5.13. The molecule has 0 fully saturated rings. The average Bonchev–Trinajstić information content (AvgIpc) is 2.21. The molecule has 0 aromatic carbocycles. The first-order valence-electron chi connectivity index (χ1n) is 6.82. The first-order valence-corrected chi connectivity index (χ1v) is 7.23. The van der Waals surface area contributed by atoms with Crippen LogP contribution in [0.3, 0.4) is 0 Å². The molecule has 0 bridgehead atoms. The van der Waals surface area contributed by atoms with Crippen molar-refractivity contribution in [2.45, 2.75) is 34.1 Å². The molecule has 0 aliphatic rings. The lowest BCUT2D eigenvalue weighted by Gasteiger charge is -2.30. The van der Waals surface area contributed by atoms with E-state index >= 15 is 0 Å². The van der Waals surface area contributed by atoms with E-state index in [1.165, 1.54) is 0 Å². The van der Waals surface area contributed by atoms with Crippen LogP contribution in [0.25, 0.3) is 0 Å². The van der Waals surface area contributed by atoms with Gasteiger partial charge in [0.05, 0.1) is 4.99 Å². The fourth-order valence-electron chi connectivity index (χ4n) is 1.71. The summed E-state index contributed by atoms with van der Waals surface area (Å²) in [6, 6.07) is 0. The Morgan fingerprint density at radius 3 is 2.11 bits per heavy atom. The number of thiocarbonyl (C=S) groups is 1. The zero-order chi connectivity index (χ0) is 14.3. The van der Waals surface area contributed by atoms with Crippen molar-refractivity contribution in [2.75, 3.05) is 40.3 Å². The summed E-state index contributed by atoms with van der Waals surface area (Å²) in [7, 11) is 4.24. The van der Waals surface area contributed by atoms with Crippen molar-refractivity contribution >= 4 is 17.2 Å². The first kappa shape index (κ1) is 17.8. The third-order valence-electron chi connectivity index (χ3n) is 3.21. The SMILES string of the molecule is CC(C)CN(CCN(C)C)CCC(C)(C)C(N)=S. The summed E-state index contributed by atoms with van der Waals surface area (Å²) in [6.45, 7) is 13.2. The maximum Gasteiger partial charge on any atom is 0.0784 e. The number of nitrogens with two attached hydrogens (primary N) is 1. The first-order chi connectivity index (χ1) is 8.15. The number of hydrogen-bond acceptors (Lipinski definition) is 3. The summed E-state index contributed by atoms with van der Waals surface area (Å²) < 4.78 is 0. The number of hydrogen-bond donors (Lipinski definition) is 1. The molecular formula is C14H31N3S. The van der Waals surface area contributed by atoms with E-state index in [-0.39, 0.29) is 5.41 Å². The smallest absolute Gasteiger partial charge is 0.0784 e. The summed E-state index contributed by atoms with van der Waals surface area (Å²) in [6.07, 6.45) is 1.03. The van der Waals surface area contributed by atoms with Crippen LogP contribution in [0.1, 0.15) is 34.1 Å². The van der Waals surface area contributed by atoms with Crippen LogP contribution in [-0.2, 0) is 0 Å². The van der Waals surface area contributed by atoms with Gasteiger partial charge in [0, 0.05) is 25.0 Å². The molecular weight excluding hydrogens is 242 g/mol. The molecule has 2 N–H and O–H groups in total. The Labute approximate surface area is 119 Å². The van der Waals surface area contributed by atoms with E-state index < -0.39 is 0 Å². The quantitative estimate of drug-likeness (QED) is 0.653. The average molecular weight is 273 g/mol. The zero-order valence-corrected chi connectivity index (χ0v) is 13.8. The fourth-order valence-corrected chi connectivity index (χ4v) is 1.82. The minimum atomic E-state index is -0.0390. The second-order valence-corrected chi connectivity index (χ2v) is 6.94. The molecule has 0 aliphatic carbocycles. The largest absolute Gasteiger partial charge is 0.393 e. The van der Waals surface area contributed by atoms with E-state index in [1.807, 2.05) is 0 Å². The van der Waals surface area contributed by atoms with Gasteiger partial charge in [0.1, 0.15) is 0 Å². The molecule has 0 atom stereocenters. The molecule has 108 valence electrons. The van der Waals surface area contributed by atoms with Crippen LogP contribution in [0.4, 0.5) is 0 Å². The summed E-state index contributed by atoms with van der Waals surface area (Å²) in [5.41, 5.74) is 5.75. The molecule has 0 radical (unpaired) electrons. The van der Waals surface area contributed by atoms with Crippen LogP contribution in [0.2, 0.25) is 0 Å². The van der Waals surface area contributed by atoms with Gasteiger partial charge in [0.25, 0.3) is 0 Å². The molecule has 0 saturated carbocycles. The number of likely N-dealkylation sites (N-methyl/N-ethyl adjacent to an activating group) is 1. The minimum Gasteiger partial charge on any atom is -0.393 e. The molecule has 18 heavy (non-hydrogen) atoms. The lowest BCUT2D eigenvalue weighted by atomic mass is 9.89. The van der Waals surface area contributed by atoms with Gasteiger partial charge in [-0.05, 0) is 33.0 Å². The molecule has 0 spiro atoms. The minimum absolute atomic E-state index is 0.0390. The Morgan fingerprint density at radius 1 is 1.17 bits per heavy atom. The molecule has 0 heterocycles. The summed E-state index contributed by atoms with van der Waals surface area (Å²) in [4.78, 5) is 5.37. The van der Waals surface area contributed by atoms with Crippen molar-refractivity contribution in [1.82, 2.24) is 9.80 Å². The van der Waals surface area contributed by atoms with Crippen LogP contribution in [0, 0.1) is 11.3 Å². The van der Waals surface area contributed by atoms with E-state index in [0.717, 1.165) is 32.6 Å². The lowest BCUT2D eigenvalue weighted by Crippen LogP contribution is -2.39. The topological polar surface area (TPSA) is 32.5 Å². The van der Waals surface area contributed by atoms with Gasteiger partial charge >= 0.3 is 0 Å². The van der Waals surface area contributed by atoms with E-state index in [2.05, 4.69) is 51.6 Å². The van der Waals surface area contributed by atoms with Crippen LogP contribution >= 0.6 is 12.2 Å². The zero-order valence-electron chi connectivity index (χ0n) is 13.0. The van der Waals surface area contributed by atoms with Gasteiger partial charge in [-0.2, -0.15) is 0 Å². The molecule has 0 rings (SSSR count). The second-order valence-electron chi connectivity index (χ2n) is 6.50. The highest BCUT2D eigenvalue weighted by Crippen LogP contribution is 2.21. The van der Waals surface area contributed by atoms with E-state index in [9.17, 15) is 0 Å². The molecule has 4 heteroatoms. The number of rotatable bonds is 9. The van der Waals surface area contributed by atoms with Crippen LogP contribution in [-0.4, -0.2) is 55.1 Å². The highest BCUT2D eigenvalue weighted by molar-refractivity contribution is 7.80. The molecule has 0 aromatic rings. The molecule has 3 nitrogen and oxygen atoms in total. The Kier molecular flexibility index (Phi) is 7.99. The van der Waals surface area contributed by atoms with Gasteiger partial charge in [-0.15, -0.1) is 0 Å². The highest BCUT2D eigenvalue weighted by atomic mass is 32.1. The summed E-state index contributed by atoms with van der Waals surface area (Å²) in [5.74, 6) is 0.695. The van der Waals surface area contributed by atoms with Crippen molar-refractivity contribution < 1.29 is 0 Å². The van der Waals surface area contributed by atoms with Gasteiger partial charge < -0.3 is 15.5 Å². The predicted octanol–water partition coefficient (Wildman–Crippen LogP) is 2.21. The maximum atomic E-state index is 5.78. The van der Waals surface area contributed by atoms with Gasteiger partial charge in [-0.1, -0.05) is 39.9 Å². The van der Waals surface area contributed by atoms with Gasteiger partial charge in [0.15, 0.2) is 0 Å². The van der Waals surface area contributed by atoms with E-state index in [0.29, 0.717) is 10.9 Å². The third-order valence-corrected chi connectivity index (χ3v) is 3.76. The molecule has 0 amide bonds. The van der Waals surface area contributed by atoms with Crippen LogP contribution in [0.5, 0.6) is 0 Å². The monoisotopic (exact) mass is 273 g/mol. The summed E-state index contributed by atoms with van der Waals surface area (Å²) in [5, 5.41) is 0. The van der Waals surface area contributed by atoms with Crippen molar-refractivity contribution in [3.63, 3.8) is 0 Å². The van der Waals surface area contributed by atoms with Crippen LogP contribution in [0.15, 0.2) is 0 Å². The third kappa shape index (κ3) is 8.01. The Balaban J connectivity index is 4.27. The molecule has 0 aliphatic heterocycles. The normalized spacial score (nSPS) is 12.7. The predicted molar refractivity (Wildman–Crippen MR) is 85.0 cm³/mol. The van der Waals surface area contributed by atoms with Gasteiger partial charge in [0.2, 0.25) is 0 Å². The Bertz CT molecular complexity index is 249. The van der Waals surface area contributed by atoms with Crippen molar-refractivity contribution in [1.29, 1.82) is 0 Å². The Morgan fingerprint density at radius 2 is 1.72 bits per heavy atom. The number of nitrogens with zero attached hydrogens (tertiary/aromatic N) is 2. The standard InChI is InChI=1S/C14H31N3S/c1-12(2)11-17(10-9-16(5)6)8-7-14(3,4)13(15)18/h12H,7-11H2,1-6H3,(H2,15,18). The fraction of sp³-hybridized carbons (Fsp3) is 0.929. The maximum absolute atomic E-state index is 5.78. The van der Waals surface area contributed by atoms with Gasteiger partial charge in [-0.25, -0.2) is 0 Å². The van der Waals surface area contributed by atoms with Crippen molar-refractivity contribution in [3.8, 4) is 0 Å². The molecule has 0 unspecified atom stereocenters.